The number of nitrogens with one attached hydrogen (secondary N) is 1. The fourth-order valence-corrected chi connectivity index (χ4v) is 2.36. The maximum atomic E-state index is 14.1. The molecule has 0 bridgehead atoms. The molecule has 1 aromatic heterocycles. The summed E-state index contributed by atoms with van der Waals surface area (Å²) in [4.78, 5) is 10.0. The van der Waals surface area contributed by atoms with Gasteiger partial charge in [0.25, 0.3) is 0 Å². The van der Waals surface area contributed by atoms with E-state index in [-0.39, 0.29) is 11.4 Å². The molecule has 0 radical (unpaired) electrons. The quantitative estimate of drug-likeness (QED) is 0.836. The van der Waals surface area contributed by atoms with Crippen LogP contribution in [0, 0.1) is 11.6 Å². The van der Waals surface area contributed by atoms with E-state index in [4.69, 9.17) is 5.11 Å². The number of aromatic amines is 1. The van der Waals surface area contributed by atoms with Crippen LogP contribution >= 0.6 is 0 Å². The number of rotatable bonds is 3. The number of hydrogen-bond acceptors (Lipinski definition) is 4. The number of benzene rings is 1. The molecule has 9 heteroatoms. The molecule has 0 aliphatic heterocycles. The van der Waals surface area contributed by atoms with Crippen molar-refractivity contribution in [2.45, 2.75) is 4.90 Å². The van der Waals surface area contributed by atoms with Gasteiger partial charge in [0.1, 0.15) is 16.4 Å². The summed E-state index contributed by atoms with van der Waals surface area (Å²) >= 11 is 0. The number of hydrogen-bond donors (Lipinski definition) is 2. The Morgan fingerprint density at radius 1 is 1.35 bits per heavy atom. The number of carboxylic acids is 1. The minimum atomic E-state index is -3.89. The number of aromatic nitrogens is 2. The van der Waals surface area contributed by atoms with Crippen LogP contribution in [-0.2, 0) is 9.84 Å². The van der Waals surface area contributed by atoms with E-state index in [1.165, 1.54) is 0 Å². The highest BCUT2D eigenvalue weighted by Gasteiger charge is 2.23. The lowest BCUT2D eigenvalue weighted by atomic mass is 10.1. The van der Waals surface area contributed by atoms with E-state index < -0.39 is 37.9 Å². The lowest BCUT2D eigenvalue weighted by Gasteiger charge is -2.06. The van der Waals surface area contributed by atoms with Crippen LogP contribution in [0.1, 0.15) is 10.5 Å². The van der Waals surface area contributed by atoms with Gasteiger partial charge in [-0.05, 0) is 18.2 Å². The second-order valence-corrected chi connectivity index (χ2v) is 5.96. The van der Waals surface area contributed by atoms with Gasteiger partial charge in [-0.2, -0.15) is 5.10 Å². The number of aromatic carboxylic acids is 1. The molecule has 0 spiro atoms. The Labute approximate surface area is 112 Å². The largest absolute Gasteiger partial charge is 0.477 e. The van der Waals surface area contributed by atoms with Crippen molar-refractivity contribution in [1.29, 1.82) is 0 Å². The first-order valence-corrected chi connectivity index (χ1v) is 7.08. The predicted molar refractivity (Wildman–Crippen MR) is 64.0 cm³/mol. The van der Waals surface area contributed by atoms with Gasteiger partial charge in [-0.25, -0.2) is 22.0 Å². The molecular formula is C11H8F2N2O4S. The van der Waals surface area contributed by atoms with Crippen LogP contribution in [0.4, 0.5) is 8.78 Å². The third-order valence-electron chi connectivity index (χ3n) is 2.52. The smallest absolute Gasteiger partial charge is 0.353 e. The molecule has 0 saturated carbocycles. The van der Waals surface area contributed by atoms with Gasteiger partial charge in [0.05, 0.1) is 11.3 Å². The minimum absolute atomic E-state index is 0.331. The molecule has 0 amide bonds. The third-order valence-corrected chi connectivity index (χ3v) is 3.63. The molecule has 2 N–H and O–H groups in total. The van der Waals surface area contributed by atoms with Gasteiger partial charge in [0.2, 0.25) is 0 Å². The van der Waals surface area contributed by atoms with Crippen molar-refractivity contribution in [3.63, 3.8) is 0 Å². The molecule has 0 unspecified atom stereocenters. The predicted octanol–water partition coefficient (Wildman–Crippen LogP) is 1.46. The van der Waals surface area contributed by atoms with E-state index in [0.29, 0.717) is 0 Å². The zero-order valence-electron chi connectivity index (χ0n) is 10.0. The standard InChI is InChI=1S/C11H8F2N2O4S/c1-20(18,19)8-3-2-5(12)9(10(8)13)6-4-7(11(16)17)15-14-6/h2-4H,1H3,(H,14,15)(H,16,17). The number of nitrogens with zero attached hydrogens (tertiary/aromatic N) is 1. The van der Waals surface area contributed by atoms with Gasteiger partial charge in [-0.15, -0.1) is 0 Å². The Balaban J connectivity index is 2.70. The first kappa shape index (κ1) is 14.1. The fourth-order valence-electron chi connectivity index (χ4n) is 1.61. The summed E-state index contributed by atoms with van der Waals surface area (Å²) in [6.45, 7) is 0. The molecule has 6 nitrogen and oxygen atoms in total. The highest BCUT2D eigenvalue weighted by molar-refractivity contribution is 7.90. The average Bonchev–Trinajstić information content (AvgIpc) is 2.76. The zero-order valence-corrected chi connectivity index (χ0v) is 10.8. The van der Waals surface area contributed by atoms with Crippen molar-refractivity contribution in [3.8, 4) is 11.3 Å². The van der Waals surface area contributed by atoms with Crippen LogP contribution in [-0.4, -0.2) is 35.9 Å². The van der Waals surface area contributed by atoms with E-state index in [0.717, 1.165) is 24.5 Å². The summed E-state index contributed by atoms with van der Waals surface area (Å²) in [5.74, 6) is -3.71. The minimum Gasteiger partial charge on any atom is -0.477 e. The van der Waals surface area contributed by atoms with Crippen LogP contribution in [0.25, 0.3) is 11.3 Å². The Morgan fingerprint density at radius 2 is 2.00 bits per heavy atom. The van der Waals surface area contributed by atoms with Crippen molar-refractivity contribution in [1.82, 2.24) is 10.2 Å². The molecule has 20 heavy (non-hydrogen) atoms. The van der Waals surface area contributed by atoms with Crippen LogP contribution in [0.15, 0.2) is 23.1 Å². The van der Waals surface area contributed by atoms with E-state index in [1.54, 1.807) is 0 Å². The summed E-state index contributed by atoms with van der Waals surface area (Å²) in [5.41, 5.74) is -1.40. The Bertz CT molecular complexity index is 799. The summed E-state index contributed by atoms with van der Waals surface area (Å²) in [6, 6.07) is 2.49. The van der Waals surface area contributed by atoms with E-state index in [9.17, 15) is 22.0 Å². The lowest BCUT2D eigenvalue weighted by Crippen LogP contribution is -2.04. The van der Waals surface area contributed by atoms with E-state index in [2.05, 4.69) is 10.2 Å². The first-order valence-electron chi connectivity index (χ1n) is 5.19. The number of carboxylic acid groups (broad SMARTS) is 1. The monoisotopic (exact) mass is 302 g/mol. The highest BCUT2D eigenvalue weighted by Crippen LogP contribution is 2.29. The SMILES string of the molecule is CS(=O)(=O)c1ccc(F)c(-c2cc(C(=O)O)[nH]n2)c1F. The van der Waals surface area contributed by atoms with Crippen molar-refractivity contribution >= 4 is 15.8 Å². The summed E-state index contributed by atoms with van der Waals surface area (Å²) < 4.78 is 50.5. The topological polar surface area (TPSA) is 100 Å². The van der Waals surface area contributed by atoms with Gasteiger partial charge in [0, 0.05) is 6.26 Å². The summed E-state index contributed by atoms with van der Waals surface area (Å²) in [5, 5.41) is 14.3. The molecule has 0 fully saturated rings. The van der Waals surface area contributed by atoms with Gasteiger partial charge in [-0.3, -0.25) is 5.10 Å². The number of halogens is 2. The highest BCUT2D eigenvalue weighted by atomic mass is 32.2. The van der Waals surface area contributed by atoms with Crippen molar-refractivity contribution < 1.29 is 27.1 Å². The van der Waals surface area contributed by atoms with Gasteiger partial charge >= 0.3 is 5.97 Å². The summed E-state index contributed by atoms with van der Waals surface area (Å²) in [7, 11) is -3.89. The van der Waals surface area contributed by atoms with Gasteiger partial charge in [-0.1, -0.05) is 0 Å². The maximum absolute atomic E-state index is 14.1. The van der Waals surface area contributed by atoms with E-state index in [1.807, 2.05) is 0 Å². The Kier molecular flexibility index (Phi) is 3.30. The summed E-state index contributed by atoms with van der Waals surface area (Å²) in [6.07, 6.45) is 0.778. The molecule has 106 valence electrons. The second-order valence-electron chi connectivity index (χ2n) is 3.98. The van der Waals surface area contributed by atoms with Crippen LogP contribution < -0.4 is 0 Å². The average molecular weight is 302 g/mol. The second kappa shape index (κ2) is 4.67. The van der Waals surface area contributed by atoms with Crippen molar-refractivity contribution in [2.24, 2.45) is 0 Å². The number of H-pyrrole nitrogens is 1. The number of carbonyl (C=O) groups is 1. The van der Waals surface area contributed by atoms with Crippen LogP contribution in [0.3, 0.4) is 0 Å². The molecule has 1 aromatic carbocycles. The molecule has 0 aliphatic rings. The molecule has 2 rings (SSSR count). The lowest BCUT2D eigenvalue weighted by molar-refractivity contribution is 0.0690. The number of sulfone groups is 1. The fraction of sp³-hybridized carbons (Fsp3) is 0.0909. The van der Waals surface area contributed by atoms with Crippen LogP contribution in [0.5, 0.6) is 0 Å². The molecule has 0 saturated heterocycles. The van der Waals surface area contributed by atoms with Gasteiger partial charge < -0.3 is 5.11 Å². The molecule has 0 aliphatic carbocycles. The van der Waals surface area contributed by atoms with Crippen LogP contribution in [0.2, 0.25) is 0 Å². The first-order chi connectivity index (χ1) is 9.21. The molecule has 2 aromatic rings. The van der Waals surface area contributed by atoms with Gasteiger partial charge in [0.15, 0.2) is 15.7 Å². The Morgan fingerprint density at radius 3 is 2.50 bits per heavy atom. The van der Waals surface area contributed by atoms with E-state index >= 15 is 0 Å². The van der Waals surface area contributed by atoms with Crippen molar-refractivity contribution in [2.75, 3.05) is 6.26 Å². The van der Waals surface area contributed by atoms with Crippen molar-refractivity contribution in [3.05, 3.63) is 35.5 Å². The molecular weight excluding hydrogens is 294 g/mol. The molecule has 0 atom stereocenters. The normalized spacial score (nSPS) is 11.6. The third kappa shape index (κ3) is 2.39. The molecule has 1 heterocycles. The Hall–Kier alpha value is -2.29. The zero-order chi connectivity index (χ0) is 15.1. The maximum Gasteiger partial charge on any atom is 0.353 e.